The van der Waals surface area contributed by atoms with Gasteiger partial charge in [0.1, 0.15) is 6.04 Å². The SMILES string of the molecule is CCCCC1CCC2CC3(CC(C(F)(F)F)N12)OCCCO3. The predicted octanol–water partition coefficient (Wildman–Crippen LogP) is 3.87. The summed E-state index contributed by atoms with van der Waals surface area (Å²) in [5.41, 5.74) is 0. The molecular weight excluding hydrogens is 295 g/mol. The van der Waals surface area contributed by atoms with Gasteiger partial charge in [-0.2, -0.15) is 13.2 Å². The maximum absolute atomic E-state index is 13.7. The van der Waals surface area contributed by atoms with Gasteiger partial charge in [-0.25, -0.2) is 0 Å². The molecular formula is C16H26F3NO2. The summed E-state index contributed by atoms with van der Waals surface area (Å²) >= 11 is 0. The van der Waals surface area contributed by atoms with Crippen molar-refractivity contribution in [3.05, 3.63) is 0 Å². The summed E-state index contributed by atoms with van der Waals surface area (Å²) in [6.45, 7) is 3.11. The zero-order valence-electron chi connectivity index (χ0n) is 13.2. The Labute approximate surface area is 130 Å². The molecule has 3 aliphatic heterocycles. The third-order valence-corrected chi connectivity index (χ3v) is 5.37. The van der Waals surface area contributed by atoms with E-state index in [9.17, 15) is 13.2 Å². The molecule has 0 bridgehead atoms. The van der Waals surface area contributed by atoms with Gasteiger partial charge in [0.15, 0.2) is 5.79 Å². The molecule has 3 aliphatic rings. The van der Waals surface area contributed by atoms with Crippen LogP contribution in [0.4, 0.5) is 13.2 Å². The van der Waals surface area contributed by atoms with E-state index in [1.165, 1.54) is 0 Å². The highest BCUT2D eigenvalue weighted by Gasteiger charge is 2.59. The lowest BCUT2D eigenvalue weighted by Gasteiger charge is -2.51. The van der Waals surface area contributed by atoms with Crippen molar-refractivity contribution in [1.82, 2.24) is 4.90 Å². The summed E-state index contributed by atoms with van der Waals surface area (Å²) in [7, 11) is 0. The fourth-order valence-corrected chi connectivity index (χ4v) is 4.41. The summed E-state index contributed by atoms with van der Waals surface area (Å²) in [6.07, 6.45) is 1.66. The van der Waals surface area contributed by atoms with Gasteiger partial charge in [0.2, 0.25) is 0 Å². The first-order valence-corrected chi connectivity index (χ1v) is 8.57. The second-order valence-electron chi connectivity index (χ2n) is 6.90. The maximum Gasteiger partial charge on any atom is 0.404 e. The average Bonchev–Trinajstić information content (AvgIpc) is 2.86. The maximum atomic E-state index is 13.7. The first kappa shape index (κ1) is 16.5. The van der Waals surface area contributed by atoms with Crippen LogP contribution in [0.2, 0.25) is 0 Å². The molecule has 3 heterocycles. The van der Waals surface area contributed by atoms with Gasteiger partial charge in [-0.3, -0.25) is 4.90 Å². The molecule has 0 radical (unpaired) electrons. The van der Waals surface area contributed by atoms with Gasteiger partial charge in [0.25, 0.3) is 0 Å². The normalized spacial score (nSPS) is 35.7. The summed E-state index contributed by atoms with van der Waals surface area (Å²) in [5.74, 6) is -1.00. The van der Waals surface area contributed by atoms with E-state index < -0.39 is 18.0 Å². The van der Waals surface area contributed by atoms with Crippen molar-refractivity contribution >= 4 is 0 Å². The lowest BCUT2D eigenvalue weighted by Crippen LogP contribution is -2.62. The summed E-state index contributed by atoms with van der Waals surface area (Å²) < 4.78 is 52.4. The topological polar surface area (TPSA) is 21.7 Å². The molecule has 6 heteroatoms. The summed E-state index contributed by atoms with van der Waals surface area (Å²) in [5, 5.41) is 0. The molecule has 128 valence electrons. The van der Waals surface area contributed by atoms with Gasteiger partial charge in [-0.15, -0.1) is 0 Å². The fraction of sp³-hybridized carbons (Fsp3) is 1.00. The molecule has 0 aromatic rings. The number of hydrogen-bond acceptors (Lipinski definition) is 3. The highest BCUT2D eigenvalue weighted by molar-refractivity contribution is 5.03. The van der Waals surface area contributed by atoms with Crippen molar-refractivity contribution in [1.29, 1.82) is 0 Å². The Morgan fingerprint density at radius 1 is 1.14 bits per heavy atom. The molecule has 3 unspecified atom stereocenters. The minimum Gasteiger partial charge on any atom is -0.350 e. The van der Waals surface area contributed by atoms with Crippen LogP contribution in [0.25, 0.3) is 0 Å². The molecule has 3 saturated heterocycles. The number of piperidine rings is 1. The number of ether oxygens (including phenoxy) is 2. The Hall–Kier alpha value is -0.330. The van der Waals surface area contributed by atoms with E-state index in [2.05, 4.69) is 6.92 Å². The zero-order chi connectivity index (χ0) is 15.8. The van der Waals surface area contributed by atoms with Gasteiger partial charge in [-0.05, 0) is 25.7 Å². The minimum absolute atomic E-state index is 0.0552. The Bertz CT molecular complexity index is 382. The highest BCUT2D eigenvalue weighted by atomic mass is 19.4. The Kier molecular flexibility index (Phi) is 4.72. The van der Waals surface area contributed by atoms with Crippen LogP contribution in [0.1, 0.15) is 58.3 Å². The minimum atomic E-state index is -4.22. The molecule has 0 aromatic carbocycles. The van der Waals surface area contributed by atoms with E-state index in [4.69, 9.17) is 9.47 Å². The van der Waals surface area contributed by atoms with Crippen LogP contribution in [0.3, 0.4) is 0 Å². The third kappa shape index (κ3) is 3.15. The zero-order valence-corrected chi connectivity index (χ0v) is 13.2. The standard InChI is InChI=1S/C16H26F3NO2/c1-2-3-5-12-6-7-13-10-15(21-8-4-9-22-15)11-14(20(12)13)16(17,18)19/h12-14H,2-11H2,1H3. The molecule has 3 fully saturated rings. The molecule has 3 atom stereocenters. The first-order valence-electron chi connectivity index (χ1n) is 8.57. The van der Waals surface area contributed by atoms with Gasteiger partial charge >= 0.3 is 6.18 Å². The highest BCUT2D eigenvalue weighted by Crippen LogP contribution is 2.48. The van der Waals surface area contributed by atoms with Crippen LogP contribution in [-0.2, 0) is 9.47 Å². The van der Waals surface area contributed by atoms with Crippen molar-refractivity contribution in [3.63, 3.8) is 0 Å². The van der Waals surface area contributed by atoms with Crippen LogP contribution in [0, 0.1) is 0 Å². The molecule has 0 aromatic heterocycles. The van der Waals surface area contributed by atoms with Crippen molar-refractivity contribution in [3.8, 4) is 0 Å². The number of hydrogen-bond donors (Lipinski definition) is 0. The molecule has 0 aliphatic carbocycles. The van der Waals surface area contributed by atoms with Crippen LogP contribution in [-0.4, -0.2) is 48.2 Å². The first-order chi connectivity index (χ1) is 10.5. The number of alkyl halides is 3. The van der Waals surface area contributed by atoms with Crippen molar-refractivity contribution in [2.24, 2.45) is 0 Å². The summed E-state index contributed by atoms with van der Waals surface area (Å²) in [6, 6.07) is -1.41. The van der Waals surface area contributed by atoms with Crippen molar-refractivity contribution in [2.75, 3.05) is 13.2 Å². The smallest absolute Gasteiger partial charge is 0.350 e. The number of unbranched alkanes of at least 4 members (excludes halogenated alkanes) is 1. The van der Waals surface area contributed by atoms with Crippen LogP contribution in [0.15, 0.2) is 0 Å². The number of fused-ring (bicyclic) bond motifs is 1. The third-order valence-electron chi connectivity index (χ3n) is 5.37. The monoisotopic (exact) mass is 321 g/mol. The second kappa shape index (κ2) is 6.29. The summed E-state index contributed by atoms with van der Waals surface area (Å²) in [4.78, 5) is 1.75. The van der Waals surface area contributed by atoms with Gasteiger partial charge in [0.05, 0.1) is 13.2 Å². The lowest BCUT2D eigenvalue weighted by molar-refractivity contribution is -0.320. The molecule has 0 amide bonds. The molecule has 0 N–H and O–H groups in total. The molecule has 22 heavy (non-hydrogen) atoms. The Morgan fingerprint density at radius 3 is 2.50 bits per heavy atom. The van der Waals surface area contributed by atoms with Crippen LogP contribution >= 0.6 is 0 Å². The molecule has 0 saturated carbocycles. The average molecular weight is 321 g/mol. The van der Waals surface area contributed by atoms with Crippen molar-refractivity contribution in [2.45, 2.75) is 88.4 Å². The second-order valence-corrected chi connectivity index (χ2v) is 6.90. The van der Waals surface area contributed by atoms with Crippen LogP contribution < -0.4 is 0 Å². The van der Waals surface area contributed by atoms with E-state index in [0.29, 0.717) is 19.6 Å². The van der Waals surface area contributed by atoms with Gasteiger partial charge < -0.3 is 9.47 Å². The number of rotatable bonds is 3. The molecule has 3 rings (SSSR count). The van der Waals surface area contributed by atoms with Crippen molar-refractivity contribution < 1.29 is 22.6 Å². The van der Waals surface area contributed by atoms with E-state index in [0.717, 1.165) is 38.5 Å². The van der Waals surface area contributed by atoms with E-state index >= 15 is 0 Å². The Morgan fingerprint density at radius 2 is 1.86 bits per heavy atom. The number of halogens is 3. The molecule has 3 nitrogen and oxygen atoms in total. The van der Waals surface area contributed by atoms with Gasteiger partial charge in [-0.1, -0.05) is 19.8 Å². The van der Waals surface area contributed by atoms with E-state index in [-0.39, 0.29) is 18.5 Å². The van der Waals surface area contributed by atoms with Crippen LogP contribution in [0.5, 0.6) is 0 Å². The largest absolute Gasteiger partial charge is 0.404 e. The fourth-order valence-electron chi connectivity index (χ4n) is 4.41. The lowest BCUT2D eigenvalue weighted by atomic mass is 9.89. The predicted molar refractivity (Wildman–Crippen MR) is 76.5 cm³/mol. The molecule has 1 spiro atoms. The van der Waals surface area contributed by atoms with E-state index in [1.54, 1.807) is 4.90 Å². The van der Waals surface area contributed by atoms with E-state index in [1.807, 2.05) is 0 Å². The Balaban J connectivity index is 1.80. The quantitative estimate of drug-likeness (QED) is 0.788. The van der Waals surface area contributed by atoms with Gasteiger partial charge in [0, 0.05) is 24.9 Å². The number of nitrogens with zero attached hydrogens (tertiary/aromatic N) is 1.